The van der Waals surface area contributed by atoms with Gasteiger partial charge < -0.3 is 23.7 Å². The first-order valence-electron chi connectivity index (χ1n) is 35.3. The third-order valence-electron chi connectivity index (χ3n) is 17.1. The molecular formula is C81H101N5O15. The number of cyclic esters (lactones) is 5. The van der Waals surface area contributed by atoms with Crippen LogP contribution in [0.15, 0.2) is 188 Å². The molecule has 5 fully saturated rings. The highest BCUT2D eigenvalue weighted by molar-refractivity contribution is 6.00. The van der Waals surface area contributed by atoms with Gasteiger partial charge in [-0.1, -0.05) is 231 Å². The number of allylic oxidation sites excluding steroid dienone is 5. The first-order valence-corrected chi connectivity index (χ1v) is 35.3. The number of hydrogen-bond acceptors (Lipinski definition) is 15. The fourth-order valence-electron chi connectivity index (χ4n) is 11.7. The van der Waals surface area contributed by atoms with Gasteiger partial charge in [0.25, 0.3) is 5.91 Å². The molecule has 0 aliphatic carbocycles. The summed E-state index contributed by atoms with van der Waals surface area (Å²) in [5.41, 5.74) is 5.50. The Balaban J connectivity index is 0.000000200. The zero-order valence-corrected chi connectivity index (χ0v) is 59.8. The van der Waals surface area contributed by atoms with E-state index in [1.807, 2.05) is 172 Å². The minimum Gasteiger partial charge on any atom is -0.447 e. The quantitative estimate of drug-likeness (QED) is 0.0300. The maximum atomic E-state index is 12.9. The zero-order chi connectivity index (χ0) is 73.1. The SMILES string of the molecule is C/C=C/C(=O)N1C(=O)OC[C@@H]1Cc1ccccc1.CC(C)C/C=C/CCC(=O)N1C(=O)OC[C@H]1Cc1ccccc1.CCC(=O)N1C(=O)OC[C@@H]1Cc1ccccc1.CCCC(=O)N1C(=O)OC[C@@H]1Cc1ccccc1.CC[C@H](C/C=C/CC(C)C)C(=O)N1C(=O)OC[C@H]1Cc1ccccc1. The van der Waals surface area contributed by atoms with Gasteiger partial charge in [0.1, 0.15) is 33.0 Å². The van der Waals surface area contributed by atoms with E-state index in [1.165, 1.54) is 30.6 Å². The Hall–Kier alpha value is -9.98. The number of carbonyl (C=O) groups is 10. The Kier molecular flexibility index (Phi) is 33.9. The molecule has 5 heterocycles. The second-order valence-electron chi connectivity index (χ2n) is 26.0. The van der Waals surface area contributed by atoms with Crippen LogP contribution in [-0.4, -0.2) is 148 Å². The lowest BCUT2D eigenvalue weighted by Crippen LogP contribution is -2.43. The zero-order valence-electron chi connectivity index (χ0n) is 59.8. The van der Waals surface area contributed by atoms with E-state index in [9.17, 15) is 47.9 Å². The van der Waals surface area contributed by atoms with E-state index in [0.29, 0.717) is 95.7 Å². The fraction of sp³-hybridized carbons (Fsp3) is 0.432. The molecule has 10 amide bonds. The Bertz CT molecular complexity index is 3530. The van der Waals surface area contributed by atoms with E-state index in [4.69, 9.17) is 23.7 Å². The van der Waals surface area contributed by atoms with E-state index in [2.05, 4.69) is 45.9 Å². The number of imide groups is 5. The predicted molar refractivity (Wildman–Crippen MR) is 385 cm³/mol. The summed E-state index contributed by atoms with van der Waals surface area (Å²) < 4.78 is 25.1. The minimum atomic E-state index is -0.556. The third kappa shape index (κ3) is 25.9. The molecule has 0 saturated carbocycles. The highest BCUT2D eigenvalue weighted by atomic mass is 16.6. The van der Waals surface area contributed by atoms with Crippen molar-refractivity contribution in [3.8, 4) is 0 Å². The number of carbonyl (C=O) groups excluding carboxylic acids is 10. The van der Waals surface area contributed by atoms with Gasteiger partial charge in [-0.25, -0.2) is 48.5 Å². The molecule has 5 aromatic carbocycles. The molecule has 101 heavy (non-hydrogen) atoms. The Morgan fingerprint density at radius 3 is 1.02 bits per heavy atom. The molecule has 20 heteroatoms. The van der Waals surface area contributed by atoms with Crippen LogP contribution in [-0.2, 0) is 79.8 Å². The predicted octanol–water partition coefficient (Wildman–Crippen LogP) is 15.1. The molecular weight excluding hydrogens is 1280 g/mol. The summed E-state index contributed by atoms with van der Waals surface area (Å²) in [6, 6.07) is 48.2. The first-order chi connectivity index (χ1) is 48.8. The van der Waals surface area contributed by atoms with Gasteiger partial charge >= 0.3 is 30.5 Å². The molecule has 5 aliphatic heterocycles. The molecule has 5 aromatic rings. The molecule has 0 unspecified atom stereocenters. The van der Waals surface area contributed by atoms with Gasteiger partial charge in [0.2, 0.25) is 23.6 Å². The average molecular weight is 1380 g/mol. The summed E-state index contributed by atoms with van der Waals surface area (Å²) in [6.45, 7) is 17.5. The smallest absolute Gasteiger partial charge is 0.417 e. The van der Waals surface area contributed by atoms with Crippen LogP contribution in [0.25, 0.3) is 0 Å². The summed E-state index contributed by atoms with van der Waals surface area (Å²) in [7, 11) is 0. The number of amides is 10. The average Bonchev–Trinajstić information content (AvgIpc) is 1.72. The molecule has 10 rings (SSSR count). The Morgan fingerprint density at radius 2 is 0.693 bits per heavy atom. The lowest BCUT2D eigenvalue weighted by molar-refractivity contribution is -0.133. The summed E-state index contributed by atoms with van der Waals surface area (Å²) >= 11 is 0. The van der Waals surface area contributed by atoms with Crippen LogP contribution in [0.4, 0.5) is 24.0 Å². The van der Waals surface area contributed by atoms with Crippen LogP contribution in [0.1, 0.15) is 141 Å². The van der Waals surface area contributed by atoms with Crippen molar-refractivity contribution in [2.45, 2.75) is 175 Å². The molecule has 0 N–H and O–H groups in total. The van der Waals surface area contributed by atoms with E-state index in [0.717, 1.165) is 47.1 Å². The van der Waals surface area contributed by atoms with E-state index in [-0.39, 0.29) is 85.5 Å². The lowest BCUT2D eigenvalue weighted by Gasteiger charge is -2.23. The molecule has 5 aliphatic rings. The summed E-state index contributed by atoms with van der Waals surface area (Å²) in [5, 5.41) is 0. The van der Waals surface area contributed by atoms with Gasteiger partial charge in [0, 0.05) is 25.2 Å². The number of benzene rings is 5. The molecule has 0 radical (unpaired) electrons. The van der Waals surface area contributed by atoms with Crippen LogP contribution >= 0.6 is 0 Å². The first kappa shape index (κ1) is 80.0. The second kappa shape index (κ2) is 42.9. The van der Waals surface area contributed by atoms with Crippen LogP contribution in [0.3, 0.4) is 0 Å². The highest BCUT2D eigenvalue weighted by Gasteiger charge is 2.42. The highest BCUT2D eigenvalue weighted by Crippen LogP contribution is 2.26. The van der Waals surface area contributed by atoms with Crippen molar-refractivity contribution in [2.24, 2.45) is 17.8 Å². The summed E-state index contributed by atoms with van der Waals surface area (Å²) in [4.78, 5) is 125. The van der Waals surface area contributed by atoms with Crippen LogP contribution in [0.2, 0.25) is 0 Å². The minimum absolute atomic E-state index is 0.111. The molecule has 5 saturated heterocycles. The monoisotopic (exact) mass is 1380 g/mol. The largest absolute Gasteiger partial charge is 0.447 e. The lowest BCUT2D eigenvalue weighted by atomic mass is 9.98. The Labute approximate surface area is 595 Å². The van der Waals surface area contributed by atoms with E-state index >= 15 is 0 Å². The Morgan fingerprint density at radius 1 is 0.396 bits per heavy atom. The van der Waals surface area contributed by atoms with Gasteiger partial charge in [0.05, 0.1) is 30.2 Å². The molecule has 0 spiro atoms. The standard InChI is InChI=1S/C21H29NO3.C19H25NO3.C14H17NO3.C14H15NO3.C13H15NO3/c1-4-18(13-9-8-10-16(2)3)20(23)22-19(15-25-21(22)24)14-17-11-6-5-7-12-17;1-15(2)9-5-3-8-12-18(21)20-17(14-23-19(20)22)13-16-10-6-4-7-11-16;2*1-2-6-13(16)15-12(10-18-14(15)17)9-11-7-4-3-5-8-11;1-2-12(15)14-11(9-17-13(14)16)8-10-6-4-3-5-7-10/h5-9,11-12,16,18-19H,4,10,13-15H2,1-3H3;3-7,10-11,15,17H,8-9,12-14H2,1-2H3;3-5,7-8,12H,2,6,9-10H2,1H3;2-8,12H,9-10H2,1H3;3-7,11H,2,8-9H2,1H3/b9-8+;5-3+;;6-2+;/t18-,19-;17-;2*12-;11-/m11000/s1. The van der Waals surface area contributed by atoms with Gasteiger partial charge in [-0.05, 0) is 123 Å². The van der Waals surface area contributed by atoms with Gasteiger partial charge in [-0.3, -0.25) is 24.0 Å². The van der Waals surface area contributed by atoms with Crippen molar-refractivity contribution in [1.82, 2.24) is 24.5 Å². The van der Waals surface area contributed by atoms with Crippen LogP contribution < -0.4 is 0 Å². The summed E-state index contributed by atoms with van der Waals surface area (Å²) in [6.07, 6.45) is 17.8. The van der Waals surface area contributed by atoms with Crippen molar-refractivity contribution in [2.75, 3.05) is 33.0 Å². The molecule has 0 aromatic heterocycles. The number of ether oxygens (including phenoxy) is 5. The fourth-order valence-corrected chi connectivity index (χ4v) is 11.7. The molecule has 0 bridgehead atoms. The van der Waals surface area contributed by atoms with Gasteiger partial charge in [0.15, 0.2) is 0 Å². The topological polar surface area (TPSA) is 233 Å². The normalized spacial score (nSPS) is 18.8. The number of hydrogen-bond donors (Lipinski definition) is 0. The van der Waals surface area contributed by atoms with E-state index < -0.39 is 30.5 Å². The van der Waals surface area contributed by atoms with E-state index in [1.54, 1.807) is 19.9 Å². The molecule has 540 valence electrons. The maximum Gasteiger partial charge on any atom is 0.417 e. The second-order valence-corrected chi connectivity index (χ2v) is 26.0. The van der Waals surface area contributed by atoms with Crippen LogP contribution in [0.5, 0.6) is 0 Å². The maximum absolute atomic E-state index is 12.9. The molecule has 20 nitrogen and oxygen atoms in total. The van der Waals surface area contributed by atoms with Crippen LogP contribution in [0, 0.1) is 17.8 Å². The number of nitrogens with zero attached hydrogens (tertiary/aromatic N) is 5. The molecule has 6 atom stereocenters. The van der Waals surface area contributed by atoms with Crippen molar-refractivity contribution >= 4 is 60.0 Å². The van der Waals surface area contributed by atoms with Crippen molar-refractivity contribution in [1.29, 1.82) is 0 Å². The van der Waals surface area contributed by atoms with Crippen molar-refractivity contribution in [3.05, 3.63) is 216 Å². The number of rotatable bonds is 25. The van der Waals surface area contributed by atoms with Gasteiger partial charge in [-0.15, -0.1) is 0 Å². The van der Waals surface area contributed by atoms with Crippen molar-refractivity contribution in [3.63, 3.8) is 0 Å². The summed E-state index contributed by atoms with van der Waals surface area (Å²) in [5.74, 6) is 0.159. The third-order valence-corrected chi connectivity index (χ3v) is 17.1. The van der Waals surface area contributed by atoms with Gasteiger partial charge in [-0.2, -0.15) is 0 Å². The van der Waals surface area contributed by atoms with Crippen molar-refractivity contribution < 1.29 is 71.6 Å².